The number of likely N-dealkylation sites (N-methyl/N-ethyl adjacent to an activating group) is 1. The number of hydrogen-bond acceptors (Lipinski definition) is 2. The van der Waals surface area contributed by atoms with Crippen LogP contribution in [0, 0.1) is 16.4 Å². The van der Waals surface area contributed by atoms with E-state index in [0.717, 1.165) is 19.2 Å². The van der Waals surface area contributed by atoms with Crippen LogP contribution in [-0.4, -0.2) is 33.6 Å². The number of fused-ring (bicyclic) bond motifs is 1. The van der Waals surface area contributed by atoms with Crippen molar-refractivity contribution in [2.45, 2.75) is 32.4 Å². The lowest BCUT2D eigenvalue weighted by Gasteiger charge is -2.20. The molecule has 0 atom stereocenters. The molecule has 6 heteroatoms. The van der Waals surface area contributed by atoms with Gasteiger partial charge in [-0.15, -0.1) is 0 Å². The van der Waals surface area contributed by atoms with E-state index < -0.39 is 11.6 Å². The predicted molar refractivity (Wildman–Crippen MR) is 77.3 cm³/mol. The number of rotatable bonds is 5. The van der Waals surface area contributed by atoms with Crippen LogP contribution in [0.3, 0.4) is 0 Å². The van der Waals surface area contributed by atoms with Crippen molar-refractivity contribution in [2.75, 3.05) is 13.1 Å². The summed E-state index contributed by atoms with van der Waals surface area (Å²) in [4.78, 5) is 5.29. The molecule has 3 rings (SSSR count). The van der Waals surface area contributed by atoms with E-state index in [4.69, 9.17) is 12.2 Å². The number of imidazole rings is 1. The Kier molecular flexibility index (Phi) is 3.60. The van der Waals surface area contributed by atoms with Crippen molar-refractivity contribution in [1.82, 2.24) is 14.5 Å². The minimum atomic E-state index is -0.838. The van der Waals surface area contributed by atoms with Crippen LogP contribution >= 0.6 is 12.2 Å². The second-order valence-corrected chi connectivity index (χ2v) is 5.59. The van der Waals surface area contributed by atoms with Gasteiger partial charge >= 0.3 is 0 Å². The Labute approximate surface area is 121 Å². The fourth-order valence-electron chi connectivity index (χ4n) is 2.67. The van der Waals surface area contributed by atoms with Crippen molar-refractivity contribution in [3.63, 3.8) is 0 Å². The van der Waals surface area contributed by atoms with E-state index in [1.807, 2.05) is 0 Å². The average molecular weight is 297 g/mol. The molecule has 1 N–H and O–H groups in total. The van der Waals surface area contributed by atoms with Crippen LogP contribution in [0.1, 0.15) is 19.8 Å². The van der Waals surface area contributed by atoms with Crippen LogP contribution in [0.2, 0.25) is 0 Å². The van der Waals surface area contributed by atoms with E-state index in [0.29, 0.717) is 22.9 Å². The Morgan fingerprint density at radius 2 is 2.15 bits per heavy atom. The van der Waals surface area contributed by atoms with Gasteiger partial charge in [-0.25, -0.2) is 8.78 Å². The monoisotopic (exact) mass is 297 g/mol. The third-order valence-electron chi connectivity index (χ3n) is 3.91. The van der Waals surface area contributed by atoms with Gasteiger partial charge in [0.05, 0.1) is 5.52 Å². The van der Waals surface area contributed by atoms with Crippen molar-refractivity contribution in [1.29, 1.82) is 0 Å². The van der Waals surface area contributed by atoms with Gasteiger partial charge in [0.1, 0.15) is 5.52 Å². The molecular weight excluding hydrogens is 280 g/mol. The zero-order valence-corrected chi connectivity index (χ0v) is 12.1. The quantitative estimate of drug-likeness (QED) is 0.855. The van der Waals surface area contributed by atoms with Gasteiger partial charge in [0.25, 0.3) is 0 Å². The van der Waals surface area contributed by atoms with Crippen molar-refractivity contribution >= 4 is 23.3 Å². The second-order valence-electron chi connectivity index (χ2n) is 5.20. The molecule has 1 aliphatic carbocycles. The average Bonchev–Trinajstić information content (AvgIpc) is 3.20. The van der Waals surface area contributed by atoms with E-state index in [1.54, 1.807) is 4.57 Å². The number of H-pyrrole nitrogens is 1. The van der Waals surface area contributed by atoms with Gasteiger partial charge in [0.2, 0.25) is 0 Å². The van der Waals surface area contributed by atoms with E-state index in [-0.39, 0.29) is 5.52 Å². The first-order valence-electron chi connectivity index (χ1n) is 6.92. The summed E-state index contributed by atoms with van der Waals surface area (Å²) in [5.74, 6) is -1.67. The highest BCUT2D eigenvalue weighted by molar-refractivity contribution is 7.71. The van der Waals surface area contributed by atoms with Gasteiger partial charge < -0.3 is 9.55 Å². The van der Waals surface area contributed by atoms with Crippen molar-refractivity contribution < 1.29 is 8.78 Å². The maximum Gasteiger partial charge on any atom is 0.184 e. The molecule has 0 radical (unpaired) electrons. The molecule has 0 spiro atoms. The van der Waals surface area contributed by atoms with E-state index in [2.05, 4.69) is 16.8 Å². The standard InChI is InChI=1S/C14H17F2N3S/c1-2-18(9-3-4-9)7-8-19-13-11(17-14(19)20)6-5-10(15)12(13)16/h5-6,9H,2-4,7-8H2,1H3,(H,17,20). The summed E-state index contributed by atoms with van der Waals surface area (Å²) >= 11 is 5.23. The Morgan fingerprint density at radius 3 is 2.80 bits per heavy atom. The van der Waals surface area contributed by atoms with Crippen molar-refractivity contribution in [2.24, 2.45) is 0 Å². The summed E-state index contributed by atoms with van der Waals surface area (Å²) in [5, 5.41) is 0. The minimum absolute atomic E-state index is 0.238. The van der Waals surface area contributed by atoms with E-state index in [1.165, 1.54) is 18.9 Å². The van der Waals surface area contributed by atoms with Crippen LogP contribution in [0.25, 0.3) is 11.0 Å². The number of aromatic nitrogens is 2. The largest absolute Gasteiger partial charge is 0.330 e. The maximum absolute atomic E-state index is 14.0. The SMILES string of the molecule is CCN(CCn1c(=S)[nH]c2ccc(F)c(F)c21)C1CC1. The fourth-order valence-corrected chi connectivity index (χ4v) is 2.96. The first-order chi connectivity index (χ1) is 9.61. The summed E-state index contributed by atoms with van der Waals surface area (Å²) < 4.78 is 29.5. The number of aromatic amines is 1. The third kappa shape index (κ3) is 2.38. The highest BCUT2D eigenvalue weighted by atomic mass is 32.1. The molecule has 1 aromatic carbocycles. The molecule has 1 heterocycles. The molecule has 1 fully saturated rings. The lowest BCUT2D eigenvalue weighted by Crippen LogP contribution is -2.29. The number of halogens is 2. The van der Waals surface area contributed by atoms with Crippen LogP contribution in [0.15, 0.2) is 12.1 Å². The summed E-state index contributed by atoms with van der Waals surface area (Å²) in [6.07, 6.45) is 2.46. The summed E-state index contributed by atoms with van der Waals surface area (Å²) in [6, 6.07) is 3.30. The summed E-state index contributed by atoms with van der Waals surface area (Å²) in [5.41, 5.74) is 0.783. The Bertz CT molecular complexity index is 688. The molecule has 0 bridgehead atoms. The molecule has 1 aromatic heterocycles. The molecule has 0 aliphatic heterocycles. The highest BCUT2D eigenvalue weighted by Gasteiger charge is 2.27. The molecule has 0 saturated heterocycles. The molecule has 3 nitrogen and oxygen atoms in total. The van der Waals surface area contributed by atoms with E-state index >= 15 is 0 Å². The Balaban J connectivity index is 1.92. The minimum Gasteiger partial charge on any atom is -0.330 e. The molecule has 108 valence electrons. The van der Waals surface area contributed by atoms with Crippen LogP contribution in [0.5, 0.6) is 0 Å². The normalized spacial score (nSPS) is 15.4. The third-order valence-corrected chi connectivity index (χ3v) is 4.23. The van der Waals surface area contributed by atoms with Gasteiger partial charge in [0, 0.05) is 19.1 Å². The smallest absolute Gasteiger partial charge is 0.184 e. The van der Waals surface area contributed by atoms with Crippen LogP contribution in [0.4, 0.5) is 8.78 Å². The van der Waals surface area contributed by atoms with Gasteiger partial charge in [-0.3, -0.25) is 4.90 Å². The van der Waals surface area contributed by atoms with Gasteiger partial charge in [-0.2, -0.15) is 0 Å². The number of hydrogen-bond donors (Lipinski definition) is 1. The zero-order chi connectivity index (χ0) is 14.3. The van der Waals surface area contributed by atoms with Gasteiger partial charge in [-0.05, 0) is 43.7 Å². The number of nitrogens with one attached hydrogen (secondary N) is 1. The topological polar surface area (TPSA) is 24.0 Å². The Morgan fingerprint density at radius 1 is 1.40 bits per heavy atom. The highest BCUT2D eigenvalue weighted by Crippen LogP contribution is 2.27. The molecule has 0 unspecified atom stereocenters. The Hall–Kier alpha value is -1.27. The summed E-state index contributed by atoms with van der Waals surface area (Å²) in [6.45, 7) is 4.46. The molecule has 2 aromatic rings. The second kappa shape index (κ2) is 5.26. The maximum atomic E-state index is 14.0. The van der Waals surface area contributed by atoms with E-state index in [9.17, 15) is 8.78 Å². The van der Waals surface area contributed by atoms with Crippen molar-refractivity contribution in [3.8, 4) is 0 Å². The number of nitrogens with zero attached hydrogens (tertiary/aromatic N) is 2. The van der Waals surface area contributed by atoms with Gasteiger partial charge in [0.15, 0.2) is 16.4 Å². The molecule has 20 heavy (non-hydrogen) atoms. The number of benzene rings is 1. The van der Waals surface area contributed by atoms with Crippen molar-refractivity contribution in [3.05, 3.63) is 28.5 Å². The van der Waals surface area contributed by atoms with Gasteiger partial charge in [-0.1, -0.05) is 6.92 Å². The molecular formula is C14H17F2N3S. The predicted octanol–water partition coefficient (Wildman–Crippen LogP) is 3.46. The molecule has 1 saturated carbocycles. The fraction of sp³-hybridized carbons (Fsp3) is 0.500. The first-order valence-corrected chi connectivity index (χ1v) is 7.33. The lowest BCUT2D eigenvalue weighted by molar-refractivity contribution is 0.266. The molecule has 1 aliphatic rings. The zero-order valence-electron chi connectivity index (χ0n) is 11.3. The summed E-state index contributed by atoms with van der Waals surface area (Å²) in [7, 11) is 0. The van der Waals surface area contributed by atoms with Crippen LogP contribution < -0.4 is 0 Å². The molecule has 0 amide bonds. The lowest BCUT2D eigenvalue weighted by atomic mass is 10.3. The first kappa shape index (κ1) is 13.7. The van der Waals surface area contributed by atoms with Crippen LogP contribution in [-0.2, 0) is 6.54 Å².